The number of aryl methyl sites for hydroxylation is 1. The molecule has 0 aliphatic rings. The van der Waals surface area contributed by atoms with Crippen LogP contribution in [-0.2, 0) is 6.54 Å². The zero-order valence-electron chi connectivity index (χ0n) is 10.7. The molecule has 1 aromatic carbocycles. The van der Waals surface area contributed by atoms with Gasteiger partial charge in [-0.25, -0.2) is 4.98 Å². The van der Waals surface area contributed by atoms with Gasteiger partial charge in [0.15, 0.2) is 0 Å². The van der Waals surface area contributed by atoms with Gasteiger partial charge in [-0.15, -0.1) is 11.3 Å². The highest BCUT2D eigenvalue weighted by atomic mass is 35.5. The van der Waals surface area contributed by atoms with Crippen LogP contribution in [0, 0.1) is 17.0 Å². The molecule has 0 fully saturated rings. The lowest BCUT2D eigenvalue weighted by atomic mass is 10.2. The second kappa shape index (κ2) is 6.38. The van der Waals surface area contributed by atoms with E-state index >= 15 is 0 Å². The average molecular weight is 346 g/mol. The van der Waals surface area contributed by atoms with Crippen LogP contribution in [0.4, 0.5) is 5.69 Å². The lowest BCUT2D eigenvalue weighted by Gasteiger charge is -2.06. The van der Waals surface area contributed by atoms with Gasteiger partial charge in [0, 0.05) is 23.2 Å². The maximum Gasteiger partial charge on any atom is 0.271 e. The Morgan fingerprint density at radius 1 is 1.48 bits per heavy atom. The van der Waals surface area contributed by atoms with E-state index in [1.54, 1.807) is 0 Å². The molecule has 0 atom stereocenters. The van der Waals surface area contributed by atoms with Crippen molar-refractivity contribution in [2.45, 2.75) is 13.5 Å². The van der Waals surface area contributed by atoms with Gasteiger partial charge in [-0.2, -0.15) is 0 Å². The first kappa shape index (κ1) is 15.7. The summed E-state index contributed by atoms with van der Waals surface area (Å²) < 4.78 is 0. The molecule has 110 valence electrons. The number of halogens is 2. The molecule has 0 unspecified atom stereocenters. The van der Waals surface area contributed by atoms with Crippen molar-refractivity contribution < 1.29 is 9.72 Å². The van der Waals surface area contributed by atoms with Crippen LogP contribution in [0.3, 0.4) is 0 Å². The third kappa shape index (κ3) is 3.69. The molecule has 0 aliphatic heterocycles. The van der Waals surface area contributed by atoms with Crippen LogP contribution in [0.15, 0.2) is 17.5 Å². The Bertz CT molecular complexity index is 718. The predicted octanol–water partition coefficient (Wildman–Crippen LogP) is 3.60. The van der Waals surface area contributed by atoms with Gasteiger partial charge in [-0.1, -0.05) is 23.2 Å². The van der Waals surface area contributed by atoms with Crippen molar-refractivity contribution >= 4 is 46.1 Å². The molecular formula is C12H9Cl2N3O3S. The number of aromatic nitrogens is 1. The highest BCUT2D eigenvalue weighted by Crippen LogP contribution is 2.30. The lowest BCUT2D eigenvalue weighted by Crippen LogP contribution is -2.23. The van der Waals surface area contributed by atoms with E-state index in [-0.39, 0.29) is 27.8 Å². The number of rotatable bonds is 4. The van der Waals surface area contributed by atoms with E-state index in [2.05, 4.69) is 10.3 Å². The van der Waals surface area contributed by atoms with Crippen LogP contribution in [-0.4, -0.2) is 15.8 Å². The van der Waals surface area contributed by atoms with E-state index in [0.29, 0.717) is 0 Å². The highest BCUT2D eigenvalue weighted by molar-refractivity contribution is 7.09. The van der Waals surface area contributed by atoms with Gasteiger partial charge in [0.1, 0.15) is 5.01 Å². The van der Waals surface area contributed by atoms with Crippen LogP contribution in [0.25, 0.3) is 0 Å². The standard InChI is InChI=1S/C12H9Cl2N3O3S/c1-6-5-21-10(16-6)4-15-12(18)8-2-7(17(19)20)3-9(13)11(8)14/h2-3,5H,4H2,1H3,(H,15,18). The number of benzene rings is 1. The van der Waals surface area contributed by atoms with Gasteiger partial charge in [-0.3, -0.25) is 14.9 Å². The summed E-state index contributed by atoms with van der Waals surface area (Å²) in [5.41, 5.74) is 0.532. The van der Waals surface area contributed by atoms with Gasteiger partial charge >= 0.3 is 0 Å². The summed E-state index contributed by atoms with van der Waals surface area (Å²) in [6.45, 7) is 2.06. The number of nitro groups is 1. The second-order valence-electron chi connectivity index (χ2n) is 4.11. The fourth-order valence-electron chi connectivity index (χ4n) is 1.58. The van der Waals surface area contributed by atoms with Gasteiger partial charge in [0.2, 0.25) is 0 Å². The van der Waals surface area contributed by atoms with E-state index in [4.69, 9.17) is 23.2 Å². The molecule has 0 aliphatic carbocycles. The van der Waals surface area contributed by atoms with Crippen molar-refractivity contribution in [3.8, 4) is 0 Å². The Hall–Kier alpha value is -1.70. The summed E-state index contributed by atoms with van der Waals surface area (Å²) in [5, 5.41) is 15.9. The van der Waals surface area contributed by atoms with Crippen LogP contribution >= 0.6 is 34.5 Å². The number of nitrogens with zero attached hydrogens (tertiary/aromatic N) is 2. The minimum atomic E-state index is -0.636. The van der Waals surface area contributed by atoms with Crippen LogP contribution in [0.5, 0.6) is 0 Å². The summed E-state index contributed by atoms with van der Waals surface area (Å²) in [6.07, 6.45) is 0. The first-order chi connectivity index (χ1) is 9.88. The fraction of sp³-hybridized carbons (Fsp3) is 0.167. The van der Waals surface area contributed by atoms with E-state index in [0.717, 1.165) is 22.8 Å². The van der Waals surface area contributed by atoms with Crippen molar-refractivity contribution in [3.63, 3.8) is 0 Å². The van der Waals surface area contributed by atoms with Gasteiger partial charge < -0.3 is 5.32 Å². The minimum Gasteiger partial charge on any atom is -0.345 e. The predicted molar refractivity (Wildman–Crippen MR) is 81.1 cm³/mol. The number of thiazole rings is 1. The number of carbonyl (C=O) groups is 1. The summed E-state index contributed by atoms with van der Waals surface area (Å²) in [7, 11) is 0. The number of carbonyl (C=O) groups excluding carboxylic acids is 1. The smallest absolute Gasteiger partial charge is 0.271 e. The summed E-state index contributed by atoms with van der Waals surface area (Å²) in [5.74, 6) is -0.543. The number of nitrogens with one attached hydrogen (secondary N) is 1. The second-order valence-corrected chi connectivity index (χ2v) is 5.84. The van der Waals surface area contributed by atoms with Gasteiger partial charge in [0.25, 0.3) is 11.6 Å². The van der Waals surface area contributed by atoms with Crippen molar-refractivity contribution in [2.24, 2.45) is 0 Å². The summed E-state index contributed by atoms with van der Waals surface area (Å²) >= 11 is 13.1. The lowest BCUT2D eigenvalue weighted by molar-refractivity contribution is -0.384. The van der Waals surface area contributed by atoms with Crippen molar-refractivity contribution in [2.75, 3.05) is 0 Å². The van der Waals surface area contributed by atoms with Gasteiger partial charge in [0.05, 0.1) is 27.1 Å². The zero-order valence-corrected chi connectivity index (χ0v) is 13.1. The summed E-state index contributed by atoms with van der Waals surface area (Å²) in [6, 6.07) is 2.20. The normalized spacial score (nSPS) is 10.4. The Morgan fingerprint density at radius 3 is 2.76 bits per heavy atom. The molecule has 0 radical (unpaired) electrons. The molecule has 0 saturated heterocycles. The topological polar surface area (TPSA) is 85.1 Å². The number of hydrogen-bond donors (Lipinski definition) is 1. The molecule has 9 heteroatoms. The molecular weight excluding hydrogens is 337 g/mol. The third-order valence-electron chi connectivity index (χ3n) is 2.54. The third-order valence-corrected chi connectivity index (χ3v) is 4.30. The summed E-state index contributed by atoms with van der Waals surface area (Å²) in [4.78, 5) is 26.4. The molecule has 2 rings (SSSR count). The molecule has 1 amide bonds. The monoisotopic (exact) mass is 345 g/mol. The maximum atomic E-state index is 12.1. The average Bonchev–Trinajstić information content (AvgIpc) is 2.84. The number of nitro benzene ring substituents is 1. The molecule has 1 aromatic heterocycles. The molecule has 0 spiro atoms. The Labute approximate surface area is 133 Å². The molecule has 6 nitrogen and oxygen atoms in total. The van der Waals surface area contributed by atoms with Crippen LogP contribution in [0.1, 0.15) is 21.1 Å². The Balaban J connectivity index is 2.20. The Kier molecular flexibility index (Phi) is 4.76. The maximum absolute atomic E-state index is 12.1. The largest absolute Gasteiger partial charge is 0.345 e. The van der Waals surface area contributed by atoms with Crippen molar-refractivity contribution in [1.29, 1.82) is 0 Å². The van der Waals surface area contributed by atoms with Crippen LogP contribution < -0.4 is 5.32 Å². The number of hydrogen-bond acceptors (Lipinski definition) is 5. The molecule has 21 heavy (non-hydrogen) atoms. The molecule has 0 saturated carbocycles. The fourth-order valence-corrected chi connectivity index (χ4v) is 2.70. The number of non-ortho nitro benzene ring substituents is 1. The Morgan fingerprint density at radius 2 is 2.19 bits per heavy atom. The zero-order chi connectivity index (χ0) is 15.6. The van der Waals surface area contributed by atoms with E-state index in [9.17, 15) is 14.9 Å². The first-order valence-corrected chi connectivity index (χ1v) is 7.34. The first-order valence-electron chi connectivity index (χ1n) is 5.71. The SMILES string of the molecule is Cc1csc(CNC(=O)c2cc([N+](=O)[O-])cc(Cl)c2Cl)n1. The van der Waals surface area contributed by atoms with E-state index in [1.165, 1.54) is 11.3 Å². The molecule has 0 bridgehead atoms. The molecule has 2 aromatic rings. The van der Waals surface area contributed by atoms with Crippen molar-refractivity contribution in [3.05, 3.63) is 53.9 Å². The molecule has 1 N–H and O–H groups in total. The van der Waals surface area contributed by atoms with E-state index in [1.807, 2.05) is 12.3 Å². The van der Waals surface area contributed by atoms with Crippen molar-refractivity contribution in [1.82, 2.24) is 10.3 Å². The van der Waals surface area contributed by atoms with Crippen LogP contribution in [0.2, 0.25) is 10.0 Å². The molecule has 1 heterocycles. The number of amides is 1. The van der Waals surface area contributed by atoms with Gasteiger partial charge in [-0.05, 0) is 6.92 Å². The highest BCUT2D eigenvalue weighted by Gasteiger charge is 2.19. The minimum absolute atomic E-state index is 0.0184. The van der Waals surface area contributed by atoms with E-state index < -0.39 is 10.8 Å². The quantitative estimate of drug-likeness (QED) is 0.677.